The highest BCUT2D eigenvalue weighted by molar-refractivity contribution is 5.77. The third kappa shape index (κ3) is 2.98. The molecule has 0 aliphatic rings. The third-order valence-electron chi connectivity index (χ3n) is 2.74. The highest BCUT2D eigenvalue weighted by Gasteiger charge is 2.10. The van der Waals surface area contributed by atoms with Gasteiger partial charge in [0.1, 0.15) is 0 Å². The summed E-state index contributed by atoms with van der Waals surface area (Å²) in [6, 6.07) is 4.27. The molecular formula is C15H22N2. The van der Waals surface area contributed by atoms with E-state index in [9.17, 15) is 0 Å². The van der Waals surface area contributed by atoms with Gasteiger partial charge in [-0.2, -0.15) is 0 Å². The molecule has 92 valence electrons. The fourth-order valence-corrected chi connectivity index (χ4v) is 1.97. The first-order chi connectivity index (χ1) is 8.15. The van der Waals surface area contributed by atoms with Crippen molar-refractivity contribution < 1.29 is 0 Å². The molecule has 0 aliphatic carbocycles. The Bertz CT molecular complexity index is 417. The van der Waals surface area contributed by atoms with Gasteiger partial charge in [-0.15, -0.1) is 0 Å². The van der Waals surface area contributed by atoms with Crippen molar-refractivity contribution in [2.45, 2.75) is 26.7 Å². The summed E-state index contributed by atoms with van der Waals surface area (Å²) >= 11 is 0. The van der Waals surface area contributed by atoms with E-state index in [1.807, 2.05) is 20.0 Å². The smallest absolute Gasteiger partial charge is 0.0565 e. The summed E-state index contributed by atoms with van der Waals surface area (Å²) in [5, 5.41) is 0. The Morgan fingerprint density at radius 3 is 2.41 bits per heavy atom. The SMILES string of the molecule is C=Cc1c(NNC)ccc(C(C)C)c1/C=C\C. The quantitative estimate of drug-likeness (QED) is 0.746. The monoisotopic (exact) mass is 230 g/mol. The van der Waals surface area contributed by atoms with E-state index in [1.165, 1.54) is 11.1 Å². The van der Waals surface area contributed by atoms with Crippen molar-refractivity contribution in [2.24, 2.45) is 0 Å². The van der Waals surface area contributed by atoms with Gasteiger partial charge in [0.15, 0.2) is 0 Å². The van der Waals surface area contributed by atoms with Crippen LogP contribution in [-0.2, 0) is 0 Å². The molecule has 0 fully saturated rings. The lowest BCUT2D eigenvalue weighted by Gasteiger charge is -2.17. The van der Waals surface area contributed by atoms with E-state index < -0.39 is 0 Å². The Labute approximate surface area is 104 Å². The van der Waals surface area contributed by atoms with Crippen LogP contribution in [0.3, 0.4) is 0 Å². The van der Waals surface area contributed by atoms with Crippen LogP contribution in [0.1, 0.15) is 43.4 Å². The van der Waals surface area contributed by atoms with E-state index >= 15 is 0 Å². The maximum Gasteiger partial charge on any atom is 0.0565 e. The van der Waals surface area contributed by atoms with Crippen LogP contribution in [0.15, 0.2) is 24.8 Å². The molecule has 0 aromatic heterocycles. The zero-order valence-electron chi connectivity index (χ0n) is 11.2. The largest absolute Gasteiger partial charge is 0.321 e. The van der Waals surface area contributed by atoms with E-state index in [-0.39, 0.29) is 0 Å². The first-order valence-corrected chi connectivity index (χ1v) is 6.00. The van der Waals surface area contributed by atoms with Crippen LogP contribution in [0, 0.1) is 0 Å². The van der Waals surface area contributed by atoms with Crippen molar-refractivity contribution in [2.75, 3.05) is 12.5 Å². The van der Waals surface area contributed by atoms with Crippen molar-refractivity contribution in [1.82, 2.24) is 5.43 Å². The summed E-state index contributed by atoms with van der Waals surface area (Å²) in [5.74, 6) is 0.503. The van der Waals surface area contributed by atoms with Gasteiger partial charge in [0.05, 0.1) is 5.69 Å². The lowest BCUT2D eigenvalue weighted by molar-refractivity contribution is 0.862. The fraction of sp³-hybridized carbons (Fsp3) is 0.333. The molecule has 0 saturated carbocycles. The van der Waals surface area contributed by atoms with Crippen LogP contribution in [0.4, 0.5) is 5.69 Å². The van der Waals surface area contributed by atoms with Crippen LogP contribution in [0.5, 0.6) is 0 Å². The Hall–Kier alpha value is -1.54. The lowest BCUT2D eigenvalue weighted by atomic mass is 9.92. The Kier molecular flexibility index (Phi) is 4.98. The normalized spacial score (nSPS) is 11.1. The van der Waals surface area contributed by atoms with Gasteiger partial charge in [-0.3, -0.25) is 0 Å². The number of nitrogens with one attached hydrogen (secondary N) is 2. The van der Waals surface area contributed by atoms with Gasteiger partial charge in [0.2, 0.25) is 0 Å². The van der Waals surface area contributed by atoms with Gasteiger partial charge in [0.25, 0.3) is 0 Å². The standard InChI is InChI=1S/C15H22N2/c1-6-8-14-12(7-2)15(17-16-5)10-9-13(14)11(3)4/h6-11,16-17H,2H2,1,3-5H3/b8-6-. The van der Waals surface area contributed by atoms with Gasteiger partial charge < -0.3 is 5.43 Å². The molecule has 0 bridgehead atoms. The Balaban J connectivity index is 3.43. The highest BCUT2D eigenvalue weighted by atomic mass is 15.3. The molecule has 0 atom stereocenters. The van der Waals surface area contributed by atoms with Crippen LogP contribution in [-0.4, -0.2) is 7.05 Å². The van der Waals surface area contributed by atoms with Crippen LogP contribution < -0.4 is 10.9 Å². The van der Waals surface area contributed by atoms with E-state index in [4.69, 9.17) is 0 Å². The summed E-state index contributed by atoms with van der Waals surface area (Å²) in [5.41, 5.74) is 10.9. The minimum absolute atomic E-state index is 0.503. The van der Waals surface area contributed by atoms with Crippen molar-refractivity contribution >= 4 is 17.8 Å². The topological polar surface area (TPSA) is 24.1 Å². The molecule has 2 heteroatoms. The zero-order chi connectivity index (χ0) is 12.8. The number of anilines is 1. The first kappa shape index (κ1) is 13.5. The van der Waals surface area contributed by atoms with Gasteiger partial charge in [-0.05, 0) is 30.0 Å². The number of hydrogen-bond donors (Lipinski definition) is 2. The van der Waals surface area contributed by atoms with Crippen molar-refractivity contribution in [3.05, 3.63) is 41.5 Å². The first-order valence-electron chi connectivity index (χ1n) is 6.00. The summed E-state index contributed by atoms with van der Waals surface area (Å²) in [4.78, 5) is 0. The van der Waals surface area contributed by atoms with Gasteiger partial charge in [-0.25, -0.2) is 5.43 Å². The number of benzene rings is 1. The maximum atomic E-state index is 3.92. The molecule has 1 aromatic rings. The zero-order valence-corrected chi connectivity index (χ0v) is 11.2. The molecule has 17 heavy (non-hydrogen) atoms. The predicted octanol–water partition coefficient (Wildman–Crippen LogP) is 4.03. The van der Waals surface area contributed by atoms with E-state index in [2.05, 4.69) is 55.6 Å². The second-order valence-corrected chi connectivity index (χ2v) is 4.26. The molecule has 0 saturated heterocycles. The van der Waals surface area contributed by atoms with Crippen LogP contribution in [0.2, 0.25) is 0 Å². The maximum absolute atomic E-state index is 3.92. The molecule has 2 N–H and O–H groups in total. The number of hydrogen-bond acceptors (Lipinski definition) is 2. The Morgan fingerprint density at radius 1 is 1.24 bits per heavy atom. The van der Waals surface area contributed by atoms with Gasteiger partial charge in [0, 0.05) is 12.6 Å². The van der Waals surface area contributed by atoms with Crippen LogP contribution in [0.25, 0.3) is 12.2 Å². The summed E-state index contributed by atoms with van der Waals surface area (Å²) in [6.07, 6.45) is 6.12. The minimum atomic E-state index is 0.503. The minimum Gasteiger partial charge on any atom is -0.321 e. The third-order valence-corrected chi connectivity index (χ3v) is 2.74. The fourth-order valence-electron chi connectivity index (χ4n) is 1.97. The molecule has 0 aliphatic heterocycles. The molecule has 0 radical (unpaired) electrons. The van der Waals surface area contributed by atoms with Crippen molar-refractivity contribution in [1.29, 1.82) is 0 Å². The highest BCUT2D eigenvalue weighted by Crippen LogP contribution is 2.30. The second kappa shape index (κ2) is 6.26. The molecule has 1 rings (SSSR count). The number of rotatable bonds is 5. The number of allylic oxidation sites excluding steroid dienone is 1. The second-order valence-electron chi connectivity index (χ2n) is 4.26. The van der Waals surface area contributed by atoms with Gasteiger partial charge >= 0.3 is 0 Å². The lowest BCUT2D eigenvalue weighted by Crippen LogP contribution is -2.16. The average molecular weight is 230 g/mol. The van der Waals surface area contributed by atoms with E-state index in [0.717, 1.165) is 11.3 Å². The van der Waals surface area contributed by atoms with Crippen molar-refractivity contribution in [3.63, 3.8) is 0 Å². The van der Waals surface area contributed by atoms with E-state index in [0.29, 0.717) is 5.92 Å². The average Bonchev–Trinajstić information content (AvgIpc) is 2.30. The summed E-state index contributed by atoms with van der Waals surface area (Å²) in [7, 11) is 1.86. The molecule has 0 heterocycles. The van der Waals surface area contributed by atoms with Crippen LogP contribution >= 0.6 is 0 Å². The molecule has 1 aromatic carbocycles. The Morgan fingerprint density at radius 2 is 1.94 bits per heavy atom. The van der Waals surface area contributed by atoms with Crippen molar-refractivity contribution in [3.8, 4) is 0 Å². The number of hydrazine groups is 1. The summed E-state index contributed by atoms with van der Waals surface area (Å²) < 4.78 is 0. The molecule has 0 spiro atoms. The predicted molar refractivity (Wildman–Crippen MR) is 78.0 cm³/mol. The molecule has 0 amide bonds. The molecular weight excluding hydrogens is 208 g/mol. The van der Waals surface area contributed by atoms with E-state index in [1.54, 1.807) is 0 Å². The van der Waals surface area contributed by atoms with Gasteiger partial charge in [-0.1, -0.05) is 44.7 Å². The molecule has 0 unspecified atom stereocenters. The summed E-state index contributed by atoms with van der Waals surface area (Å²) in [6.45, 7) is 10.4. The molecule has 2 nitrogen and oxygen atoms in total.